The van der Waals surface area contributed by atoms with Crippen LogP contribution in [0.4, 0.5) is 0 Å². The van der Waals surface area contributed by atoms with Gasteiger partial charge in [-0.3, -0.25) is 9.97 Å². The molecule has 3 nitrogen and oxygen atoms in total. The molecule has 0 radical (unpaired) electrons. The minimum absolute atomic E-state index is 0.559. The standard InChI is InChI=1S/C50H36N2O/c1-3-17-39(18-4-1)49(47-23-11-13-29-51-47)43-21-9-7-15-35(43)31-37-33-41(25-27-45(37)49)53-42-26-28-46-38(34-42)32-36-16-8-10-22-44(36)50(46,40-19-5-2-6-20-40)48-24-12-14-30-52-48/h1-30,33-34H,31-32H2. The van der Waals surface area contributed by atoms with E-state index in [4.69, 9.17) is 14.7 Å². The molecule has 10 rings (SSSR count). The molecule has 0 saturated heterocycles. The summed E-state index contributed by atoms with van der Waals surface area (Å²) in [5.74, 6) is 1.64. The van der Waals surface area contributed by atoms with Gasteiger partial charge in [0.1, 0.15) is 11.5 Å². The van der Waals surface area contributed by atoms with Crippen molar-refractivity contribution in [2.75, 3.05) is 0 Å². The molecular formula is C50H36N2O. The SMILES string of the molecule is c1ccc(C2(c3ccccn3)c3ccccc3Cc3cc(Oc4ccc5c(c4)Cc4ccccc4C5(c4ccccc4)c4ccccn4)ccc32)cc1. The highest BCUT2D eigenvalue weighted by atomic mass is 16.5. The van der Waals surface area contributed by atoms with E-state index in [2.05, 4.69) is 170 Å². The molecule has 0 spiro atoms. The van der Waals surface area contributed by atoms with Gasteiger partial charge in [0.25, 0.3) is 0 Å². The van der Waals surface area contributed by atoms with E-state index in [1.807, 2.05) is 24.5 Å². The Balaban J connectivity index is 1.10. The van der Waals surface area contributed by atoms with Crippen molar-refractivity contribution in [2.24, 2.45) is 0 Å². The van der Waals surface area contributed by atoms with E-state index in [1.165, 1.54) is 55.6 Å². The molecule has 252 valence electrons. The molecule has 2 aliphatic rings. The molecule has 6 aromatic carbocycles. The topological polar surface area (TPSA) is 35.0 Å². The zero-order valence-corrected chi connectivity index (χ0v) is 29.2. The maximum absolute atomic E-state index is 6.81. The van der Waals surface area contributed by atoms with E-state index in [9.17, 15) is 0 Å². The lowest BCUT2D eigenvalue weighted by molar-refractivity contribution is 0.479. The summed E-state index contributed by atoms with van der Waals surface area (Å²) in [4.78, 5) is 10.0. The first-order valence-corrected chi connectivity index (χ1v) is 18.3. The monoisotopic (exact) mass is 680 g/mol. The van der Waals surface area contributed by atoms with E-state index in [0.29, 0.717) is 0 Å². The minimum atomic E-state index is -0.559. The maximum atomic E-state index is 6.81. The van der Waals surface area contributed by atoms with Crippen LogP contribution >= 0.6 is 0 Å². The van der Waals surface area contributed by atoms with E-state index >= 15 is 0 Å². The van der Waals surface area contributed by atoms with Crippen LogP contribution in [0.5, 0.6) is 11.5 Å². The van der Waals surface area contributed by atoms with E-state index < -0.39 is 10.8 Å². The molecule has 0 amide bonds. The van der Waals surface area contributed by atoms with Crippen molar-refractivity contribution >= 4 is 0 Å². The van der Waals surface area contributed by atoms with Crippen molar-refractivity contribution in [3.63, 3.8) is 0 Å². The summed E-state index contributed by atoms with van der Waals surface area (Å²) in [7, 11) is 0. The molecule has 8 aromatic rings. The van der Waals surface area contributed by atoms with Gasteiger partial charge in [-0.25, -0.2) is 0 Å². The van der Waals surface area contributed by atoms with Crippen molar-refractivity contribution in [2.45, 2.75) is 23.7 Å². The largest absolute Gasteiger partial charge is 0.457 e. The maximum Gasteiger partial charge on any atom is 0.127 e. The van der Waals surface area contributed by atoms with Crippen LogP contribution in [-0.4, -0.2) is 9.97 Å². The lowest BCUT2D eigenvalue weighted by Crippen LogP contribution is -2.37. The zero-order chi connectivity index (χ0) is 35.2. The van der Waals surface area contributed by atoms with Crippen molar-refractivity contribution in [1.82, 2.24) is 9.97 Å². The summed E-state index contributed by atoms with van der Waals surface area (Å²) >= 11 is 0. The molecule has 0 bridgehead atoms. The number of aromatic nitrogens is 2. The minimum Gasteiger partial charge on any atom is -0.457 e. The molecule has 2 heterocycles. The Labute approximate surface area is 310 Å². The number of nitrogens with zero attached hydrogens (tertiary/aromatic N) is 2. The summed E-state index contributed by atoms with van der Waals surface area (Å²) in [6.45, 7) is 0. The van der Waals surface area contributed by atoms with Gasteiger partial charge < -0.3 is 4.74 Å². The van der Waals surface area contributed by atoms with Gasteiger partial charge in [-0.15, -0.1) is 0 Å². The van der Waals surface area contributed by atoms with Gasteiger partial charge in [-0.05, 0) is 117 Å². The van der Waals surface area contributed by atoms with E-state index in [-0.39, 0.29) is 0 Å². The average molecular weight is 681 g/mol. The van der Waals surface area contributed by atoms with Gasteiger partial charge in [-0.1, -0.05) is 133 Å². The molecule has 53 heavy (non-hydrogen) atoms. The van der Waals surface area contributed by atoms with Crippen molar-refractivity contribution in [1.29, 1.82) is 0 Å². The van der Waals surface area contributed by atoms with Crippen LogP contribution in [0.25, 0.3) is 0 Å². The molecular weight excluding hydrogens is 645 g/mol. The molecule has 0 saturated carbocycles. The lowest BCUT2D eigenvalue weighted by Gasteiger charge is -2.41. The van der Waals surface area contributed by atoms with Gasteiger partial charge in [0.15, 0.2) is 0 Å². The highest BCUT2D eigenvalue weighted by Crippen LogP contribution is 2.52. The smallest absolute Gasteiger partial charge is 0.127 e. The highest BCUT2D eigenvalue weighted by molar-refractivity contribution is 5.68. The fourth-order valence-electron chi connectivity index (χ4n) is 9.22. The average Bonchev–Trinajstić information content (AvgIpc) is 3.23. The highest BCUT2D eigenvalue weighted by Gasteiger charge is 2.46. The Kier molecular flexibility index (Phi) is 7.40. The Hall–Kier alpha value is -6.58. The summed E-state index contributed by atoms with van der Waals surface area (Å²) in [5.41, 5.74) is 13.4. The molecule has 0 fully saturated rings. The second kappa shape index (κ2) is 12.6. The van der Waals surface area contributed by atoms with E-state index in [1.54, 1.807) is 0 Å². The number of benzene rings is 6. The molecule has 2 aliphatic carbocycles. The molecule has 2 unspecified atom stereocenters. The fraction of sp³-hybridized carbons (Fsp3) is 0.0800. The van der Waals surface area contributed by atoms with Crippen molar-refractivity contribution in [3.8, 4) is 11.5 Å². The quantitative estimate of drug-likeness (QED) is 0.175. The molecule has 2 atom stereocenters. The number of hydrogen-bond donors (Lipinski definition) is 0. The first kappa shape index (κ1) is 31.2. The second-order valence-corrected chi connectivity index (χ2v) is 14.1. The molecule has 3 heteroatoms. The zero-order valence-electron chi connectivity index (χ0n) is 29.2. The number of rotatable bonds is 6. The Morgan fingerprint density at radius 2 is 0.755 bits per heavy atom. The van der Waals surface area contributed by atoms with Crippen LogP contribution in [-0.2, 0) is 23.7 Å². The summed E-state index contributed by atoms with van der Waals surface area (Å²) in [5, 5.41) is 0. The van der Waals surface area contributed by atoms with Crippen LogP contribution in [0.3, 0.4) is 0 Å². The lowest BCUT2D eigenvalue weighted by atomic mass is 9.61. The predicted molar refractivity (Wildman–Crippen MR) is 211 cm³/mol. The molecule has 0 aliphatic heterocycles. The van der Waals surface area contributed by atoms with Gasteiger partial charge in [0.05, 0.1) is 22.2 Å². The third-order valence-electron chi connectivity index (χ3n) is 11.3. The normalized spacial score (nSPS) is 18.2. The van der Waals surface area contributed by atoms with E-state index in [0.717, 1.165) is 35.7 Å². The van der Waals surface area contributed by atoms with Crippen LogP contribution in [0.2, 0.25) is 0 Å². The van der Waals surface area contributed by atoms with Gasteiger partial charge in [-0.2, -0.15) is 0 Å². The first-order chi connectivity index (χ1) is 26.3. The van der Waals surface area contributed by atoms with Gasteiger partial charge in [0, 0.05) is 12.4 Å². The van der Waals surface area contributed by atoms with Crippen LogP contribution in [0.1, 0.15) is 67.0 Å². The summed E-state index contributed by atoms with van der Waals surface area (Å²) in [6.07, 6.45) is 5.44. The Bertz CT molecular complexity index is 2320. The van der Waals surface area contributed by atoms with Crippen molar-refractivity contribution in [3.05, 3.63) is 261 Å². The number of pyridine rings is 2. The van der Waals surface area contributed by atoms with Crippen LogP contribution < -0.4 is 4.74 Å². The number of hydrogen-bond acceptors (Lipinski definition) is 3. The Morgan fingerprint density at radius 3 is 1.19 bits per heavy atom. The van der Waals surface area contributed by atoms with Crippen LogP contribution in [0, 0.1) is 0 Å². The van der Waals surface area contributed by atoms with Gasteiger partial charge in [0.2, 0.25) is 0 Å². The first-order valence-electron chi connectivity index (χ1n) is 18.3. The summed E-state index contributed by atoms with van der Waals surface area (Å²) < 4.78 is 6.81. The second-order valence-electron chi connectivity index (χ2n) is 14.1. The van der Waals surface area contributed by atoms with Gasteiger partial charge >= 0.3 is 0 Å². The molecule has 2 aromatic heterocycles. The molecule has 0 N–H and O–H groups in total. The third kappa shape index (κ3) is 4.81. The predicted octanol–water partition coefficient (Wildman–Crippen LogP) is 10.8. The van der Waals surface area contributed by atoms with Crippen LogP contribution in [0.15, 0.2) is 194 Å². The van der Waals surface area contributed by atoms with Crippen molar-refractivity contribution < 1.29 is 4.74 Å². The number of fused-ring (bicyclic) bond motifs is 4. The Morgan fingerprint density at radius 1 is 0.358 bits per heavy atom. The third-order valence-corrected chi connectivity index (χ3v) is 11.3. The summed E-state index contributed by atoms with van der Waals surface area (Å²) in [6, 6.07) is 65.0. The fourth-order valence-corrected chi connectivity index (χ4v) is 9.22. The number of ether oxygens (including phenoxy) is 1.